The molecule has 0 aliphatic carbocycles. The van der Waals surface area contributed by atoms with E-state index in [0.29, 0.717) is 6.42 Å². The van der Waals surface area contributed by atoms with Gasteiger partial charge in [-0.05, 0) is 55.9 Å². The van der Waals surface area contributed by atoms with E-state index >= 15 is 0 Å². The minimum atomic E-state index is -1.14. The number of pyridine rings is 1. The predicted molar refractivity (Wildman–Crippen MR) is 176 cm³/mol. The zero-order valence-corrected chi connectivity index (χ0v) is 27.7. The van der Waals surface area contributed by atoms with Crippen molar-refractivity contribution in [3.05, 3.63) is 90.1 Å². The maximum absolute atomic E-state index is 13.7. The van der Waals surface area contributed by atoms with Gasteiger partial charge in [0.05, 0.1) is 24.9 Å². The van der Waals surface area contributed by atoms with Gasteiger partial charge in [0.25, 0.3) is 5.91 Å². The Kier molecular flexibility index (Phi) is 12.7. The second kappa shape index (κ2) is 16.2. The molecule has 1 aromatic heterocycles. The number of rotatable bonds is 12. The van der Waals surface area contributed by atoms with E-state index in [9.17, 15) is 19.5 Å². The predicted octanol–water partition coefficient (Wildman–Crippen LogP) is 4.85. The van der Waals surface area contributed by atoms with E-state index < -0.39 is 47.3 Å². The van der Waals surface area contributed by atoms with E-state index in [1.807, 2.05) is 93.6 Å². The number of benzene rings is 2. The van der Waals surface area contributed by atoms with Crippen molar-refractivity contribution in [2.24, 2.45) is 5.41 Å². The van der Waals surface area contributed by atoms with E-state index in [-0.39, 0.29) is 13.1 Å². The Labute approximate surface area is 271 Å². The van der Waals surface area contributed by atoms with Gasteiger partial charge in [-0.2, -0.15) is 0 Å². The number of nitrogens with zero attached hydrogens (tertiary/aromatic N) is 2. The molecule has 4 N–H and O–H groups in total. The van der Waals surface area contributed by atoms with Gasteiger partial charge in [-0.3, -0.25) is 15.2 Å². The minimum absolute atomic E-state index is 0.0594. The molecule has 0 radical (unpaired) electrons. The lowest BCUT2D eigenvalue weighted by atomic mass is 9.86. The Morgan fingerprint density at radius 2 is 1.50 bits per heavy atom. The van der Waals surface area contributed by atoms with Gasteiger partial charge < -0.3 is 25.2 Å². The van der Waals surface area contributed by atoms with Gasteiger partial charge in [0.1, 0.15) is 11.6 Å². The van der Waals surface area contributed by atoms with Crippen LogP contribution in [-0.4, -0.2) is 70.6 Å². The molecular weight excluding hydrogens is 586 g/mol. The quantitative estimate of drug-likeness (QED) is 0.208. The van der Waals surface area contributed by atoms with Gasteiger partial charge in [0, 0.05) is 24.8 Å². The zero-order chi connectivity index (χ0) is 33.9. The molecule has 0 fully saturated rings. The molecule has 11 heteroatoms. The number of carbonyl (C=O) groups excluding carboxylic acids is 3. The average Bonchev–Trinajstić information content (AvgIpc) is 2.99. The molecule has 11 nitrogen and oxygen atoms in total. The van der Waals surface area contributed by atoms with Gasteiger partial charge in [-0.25, -0.2) is 14.6 Å². The molecule has 3 amide bonds. The van der Waals surface area contributed by atoms with Crippen LogP contribution in [0, 0.1) is 5.41 Å². The SMILES string of the molecule is COC(=O)N[C@H](C(=O)NN(Cc1ccc(-c2ccccn2)cc1)C[C@@H](O)[C@H](Cc1ccccc1)NC(=O)OC(C)(C)C)C(C)(C)C. The summed E-state index contributed by atoms with van der Waals surface area (Å²) >= 11 is 0. The van der Waals surface area contributed by atoms with E-state index in [1.54, 1.807) is 32.0 Å². The van der Waals surface area contributed by atoms with Crippen LogP contribution in [0.25, 0.3) is 11.3 Å². The number of nitrogens with one attached hydrogen (secondary N) is 3. The molecule has 0 saturated heterocycles. The number of hydrogen-bond donors (Lipinski definition) is 4. The summed E-state index contributed by atoms with van der Waals surface area (Å²) in [6.07, 6.45) is -0.495. The fraction of sp³-hybridized carbons (Fsp3) is 0.429. The van der Waals surface area contributed by atoms with Crippen molar-refractivity contribution in [3.63, 3.8) is 0 Å². The van der Waals surface area contributed by atoms with E-state index in [2.05, 4.69) is 21.0 Å². The van der Waals surface area contributed by atoms with Crippen LogP contribution in [-0.2, 0) is 27.2 Å². The third kappa shape index (κ3) is 11.8. The fourth-order valence-electron chi connectivity index (χ4n) is 4.72. The minimum Gasteiger partial charge on any atom is -0.453 e. The molecule has 0 aliphatic heterocycles. The summed E-state index contributed by atoms with van der Waals surface area (Å²) in [5.74, 6) is -0.491. The number of aliphatic hydroxyl groups is 1. The lowest BCUT2D eigenvalue weighted by Gasteiger charge is -2.34. The molecule has 46 heavy (non-hydrogen) atoms. The third-order valence-electron chi connectivity index (χ3n) is 7.00. The monoisotopic (exact) mass is 633 g/mol. The molecule has 248 valence electrons. The molecule has 0 bridgehead atoms. The van der Waals surface area contributed by atoms with Gasteiger partial charge in [0.2, 0.25) is 0 Å². The average molecular weight is 634 g/mol. The maximum Gasteiger partial charge on any atom is 0.407 e. The highest BCUT2D eigenvalue weighted by Gasteiger charge is 2.35. The number of aliphatic hydroxyl groups excluding tert-OH is 1. The van der Waals surface area contributed by atoms with E-state index in [1.165, 1.54) is 7.11 Å². The second-order valence-electron chi connectivity index (χ2n) is 13.2. The molecule has 3 atom stereocenters. The highest BCUT2D eigenvalue weighted by molar-refractivity contribution is 5.86. The van der Waals surface area contributed by atoms with Crippen LogP contribution in [0.15, 0.2) is 79.0 Å². The summed E-state index contributed by atoms with van der Waals surface area (Å²) in [4.78, 5) is 43.0. The standard InChI is InChI=1S/C35H47N5O6/c1-34(2,3)30(38-32(43)45-7)31(42)39-40(22-25-16-18-26(19-17-25)27-15-11-12-20-36-27)23-29(41)28(21-24-13-9-8-10-14-24)37-33(44)46-35(4,5)6/h8-20,28-30,41H,21-23H2,1-7H3,(H,37,44)(H,38,43)(H,39,42)/t28-,29+,30+/m0/s1. The van der Waals surface area contributed by atoms with E-state index in [4.69, 9.17) is 9.47 Å². The molecule has 2 aromatic carbocycles. The first-order valence-electron chi connectivity index (χ1n) is 15.3. The highest BCUT2D eigenvalue weighted by atomic mass is 16.6. The Balaban J connectivity index is 1.89. The first-order valence-corrected chi connectivity index (χ1v) is 15.3. The van der Waals surface area contributed by atoms with Crippen LogP contribution in [0.2, 0.25) is 0 Å². The molecular formula is C35H47N5O6. The van der Waals surface area contributed by atoms with Crippen LogP contribution in [0.1, 0.15) is 52.7 Å². The molecule has 1 heterocycles. The molecule has 3 rings (SSSR count). The number of ether oxygens (including phenoxy) is 2. The smallest absolute Gasteiger partial charge is 0.407 e. The number of aromatic nitrogens is 1. The van der Waals surface area contributed by atoms with Crippen molar-refractivity contribution in [1.29, 1.82) is 0 Å². The molecule has 0 aliphatic rings. The molecule has 0 saturated carbocycles. The van der Waals surface area contributed by atoms with Crippen molar-refractivity contribution in [2.45, 2.75) is 78.3 Å². The maximum atomic E-state index is 13.7. The molecule has 0 unspecified atom stereocenters. The van der Waals surface area contributed by atoms with Gasteiger partial charge in [0.15, 0.2) is 0 Å². The fourth-order valence-corrected chi connectivity index (χ4v) is 4.72. The van der Waals surface area contributed by atoms with Crippen molar-refractivity contribution >= 4 is 18.1 Å². The van der Waals surface area contributed by atoms with E-state index in [0.717, 1.165) is 22.4 Å². The van der Waals surface area contributed by atoms with Crippen LogP contribution in [0.5, 0.6) is 0 Å². The highest BCUT2D eigenvalue weighted by Crippen LogP contribution is 2.21. The van der Waals surface area contributed by atoms with Gasteiger partial charge >= 0.3 is 12.2 Å². The number of amides is 3. The van der Waals surface area contributed by atoms with Crippen molar-refractivity contribution in [1.82, 2.24) is 26.1 Å². The van der Waals surface area contributed by atoms with Crippen molar-refractivity contribution < 1.29 is 29.0 Å². The van der Waals surface area contributed by atoms with Crippen molar-refractivity contribution in [3.8, 4) is 11.3 Å². The number of hydrogen-bond acceptors (Lipinski definition) is 8. The van der Waals surface area contributed by atoms with Crippen LogP contribution in [0.4, 0.5) is 9.59 Å². The Morgan fingerprint density at radius 3 is 2.07 bits per heavy atom. The summed E-state index contributed by atoms with van der Waals surface area (Å²) in [5, 5.41) is 18.6. The molecule has 0 spiro atoms. The summed E-state index contributed by atoms with van der Waals surface area (Å²) < 4.78 is 10.2. The van der Waals surface area contributed by atoms with Crippen LogP contribution >= 0.6 is 0 Å². The zero-order valence-electron chi connectivity index (χ0n) is 27.7. The first-order chi connectivity index (χ1) is 21.6. The Morgan fingerprint density at radius 1 is 0.848 bits per heavy atom. The largest absolute Gasteiger partial charge is 0.453 e. The van der Waals surface area contributed by atoms with Gasteiger partial charge in [-0.15, -0.1) is 0 Å². The molecule has 3 aromatic rings. The normalized spacial score (nSPS) is 13.7. The van der Waals surface area contributed by atoms with Crippen LogP contribution < -0.4 is 16.1 Å². The lowest BCUT2D eigenvalue weighted by Crippen LogP contribution is -2.59. The Hall–Kier alpha value is -4.48. The summed E-state index contributed by atoms with van der Waals surface area (Å²) in [7, 11) is 1.23. The van der Waals surface area contributed by atoms with Gasteiger partial charge in [-0.1, -0.05) is 81.4 Å². The third-order valence-corrected chi connectivity index (χ3v) is 7.00. The topological polar surface area (TPSA) is 142 Å². The van der Waals surface area contributed by atoms with Crippen molar-refractivity contribution in [2.75, 3.05) is 13.7 Å². The number of hydrazine groups is 1. The van der Waals surface area contributed by atoms with Crippen LogP contribution in [0.3, 0.4) is 0 Å². The first kappa shape index (κ1) is 36.0. The summed E-state index contributed by atoms with van der Waals surface area (Å²) in [6, 6.07) is 21.2. The second-order valence-corrected chi connectivity index (χ2v) is 13.2. The summed E-state index contributed by atoms with van der Waals surface area (Å²) in [5.41, 5.74) is 5.00. The lowest BCUT2D eigenvalue weighted by molar-refractivity contribution is -0.131. The Bertz CT molecular complexity index is 1410. The number of methoxy groups -OCH3 is 1. The number of carbonyl (C=O) groups is 3. The summed E-state index contributed by atoms with van der Waals surface area (Å²) in [6.45, 7) is 10.9. The number of alkyl carbamates (subject to hydrolysis) is 2.